The molecule has 2 rings (SSSR count). The summed E-state index contributed by atoms with van der Waals surface area (Å²) in [5, 5.41) is 22.0. The molecule has 0 saturated heterocycles. The standard InChI is InChI=1S/C13H16N2O3/c1-2-10-7-15-12(18-10)8-14-6-9-4-3-5-11(16)13(9)17/h3-5,7,14,16-17H,2,6,8H2,1H3. The zero-order valence-electron chi connectivity index (χ0n) is 10.2. The van der Waals surface area contributed by atoms with Gasteiger partial charge in [-0.05, 0) is 6.07 Å². The third-order valence-corrected chi connectivity index (χ3v) is 2.64. The van der Waals surface area contributed by atoms with E-state index in [9.17, 15) is 10.2 Å². The third-order valence-electron chi connectivity index (χ3n) is 2.64. The van der Waals surface area contributed by atoms with E-state index in [1.807, 2.05) is 6.92 Å². The van der Waals surface area contributed by atoms with Crippen LogP contribution in [-0.4, -0.2) is 15.2 Å². The smallest absolute Gasteiger partial charge is 0.208 e. The molecule has 0 aliphatic carbocycles. The first kappa shape index (κ1) is 12.4. The monoisotopic (exact) mass is 248 g/mol. The first-order valence-electron chi connectivity index (χ1n) is 5.84. The van der Waals surface area contributed by atoms with E-state index in [4.69, 9.17) is 4.42 Å². The minimum Gasteiger partial charge on any atom is -0.504 e. The largest absolute Gasteiger partial charge is 0.504 e. The predicted molar refractivity (Wildman–Crippen MR) is 66.2 cm³/mol. The van der Waals surface area contributed by atoms with Gasteiger partial charge in [0, 0.05) is 18.5 Å². The van der Waals surface area contributed by atoms with Crippen LogP contribution in [0.2, 0.25) is 0 Å². The van der Waals surface area contributed by atoms with Crippen LogP contribution < -0.4 is 5.32 Å². The summed E-state index contributed by atoms with van der Waals surface area (Å²) >= 11 is 0. The number of nitrogens with zero attached hydrogens (tertiary/aromatic N) is 1. The number of hydrogen-bond acceptors (Lipinski definition) is 5. The average Bonchev–Trinajstić information content (AvgIpc) is 2.82. The van der Waals surface area contributed by atoms with Crippen molar-refractivity contribution in [3.8, 4) is 11.5 Å². The molecule has 0 unspecified atom stereocenters. The van der Waals surface area contributed by atoms with Crippen molar-refractivity contribution in [1.82, 2.24) is 10.3 Å². The summed E-state index contributed by atoms with van der Waals surface area (Å²) in [6.45, 7) is 2.92. The Balaban J connectivity index is 1.90. The van der Waals surface area contributed by atoms with Crippen LogP contribution in [0.4, 0.5) is 0 Å². The average molecular weight is 248 g/mol. The van der Waals surface area contributed by atoms with Gasteiger partial charge in [0.15, 0.2) is 11.5 Å². The van der Waals surface area contributed by atoms with E-state index in [0.717, 1.165) is 12.2 Å². The molecule has 0 atom stereocenters. The van der Waals surface area contributed by atoms with E-state index in [0.29, 0.717) is 24.5 Å². The van der Waals surface area contributed by atoms with Crippen LogP contribution >= 0.6 is 0 Å². The fourth-order valence-corrected chi connectivity index (χ4v) is 1.62. The summed E-state index contributed by atoms with van der Waals surface area (Å²) in [5.41, 5.74) is 0.636. The second-order valence-corrected chi connectivity index (χ2v) is 3.96. The Morgan fingerprint density at radius 3 is 2.83 bits per heavy atom. The van der Waals surface area contributed by atoms with Crippen LogP contribution in [0.3, 0.4) is 0 Å². The molecule has 18 heavy (non-hydrogen) atoms. The number of phenols is 2. The molecule has 0 radical (unpaired) electrons. The van der Waals surface area contributed by atoms with Crippen LogP contribution in [0.1, 0.15) is 24.1 Å². The first-order chi connectivity index (χ1) is 8.70. The van der Waals surface area contributed by atoms with Gasteiger partial charge in [-0.2, -0.15) is 0 Å². The summed E-state index contributed by atoms with van der Waals surface area (Å²) < 4.78 is 5.44. The molecule has 5 nitrogen and oxygen atoms in total. The fraction of sp³-hybridized carbons (Fsp3) is 0.308. The molecule has 5 heteroatoms. The van der Waals surface area contributed by atoms with Crippen molar-refractivity contribution in [2.75, 3.05) is 0 Å². The van der Waals surface area contributed by atoms with Gasteiger partial charge in [0.1, 0.15) is 5.76 Å². The van der Waals surface area contributed by atoms with Crippen molar-refractivity contribution in [3.63, 3.8) is 0 Å². The number of para-hydroxylation sites is 1. The summed E-state index contributed by atoms with van der Waals surface area (Å²) in [7, 11) is 0. The summed E-state index contributed by atoms with van der Waals surface area (Å²) in [4.78, 5) is 4.12. The molecular weight excluding hydrogens is 232 g/mol. The predicted octanol–water partition coefficient (Wildman–Crippen LogP) is 1.94. The quantitative estimate of drug-likeness (QED) is 0.705. The highest BCUT2D eigenvalue weighted by molar-refractivity contribution is 5.44. The Kier molecular flexibility index (Phi) is 3.84. The van der Waals surface area contributed by atoms with Crippen molar-refractivity contribution < 1.29 is 14.6 Å². The minimum absolute atomic E-state index is 0.0911. The molecule has 0 spiro atoms. The van der Waals surface area contributed by atoms with Gasteiger partial charge >= 0.3 is 0 Å². The topological polar surface area (TPSA) is 78.5 Å². The highest BCUT2D eigenvalue weighted by Gasteiger charge is 2.06. The van der Waals surface area contributed by atoms with Crippen LogP contribution in [0.25, 0.3) is 0 Å². The molecule has 0 saturated carbocycles. The molecule has 1 aromatic heterocycles. The second kappa shape index (κ2) is 5.55. The number of oxazole rings is 1. The normalized spacial score (nSPS) is 10.7. The van der Waals surface area contributed by atoms with Crippen LogP contribution in [0.5, 0.6) is 11.5 Å². The van der Waals surface area contributed by atoms with E-state index < -0.39 is 0 Å². The van der Waals surface area contributed by atoms with Crippen LogP contribution in [0, 0.1) is 0 Å². The third kappa shape index (κ3) is 2.81. The molecule has 0 aliphatic heterocycles. The molecule has 2 aromatic rings. The second-order valence-electron chi connectivity index (χ2n) is 3.96. The molecular formula is C13H16N2O3. The fourth-order valence-electron chi connectivity index (χ4n) is 1.62. The van der Waals surface area contributed by atoms with Crippen molar-refractivity contribution >= 4 is 0 Å². The maximum atomic E-state index is 9.61. The lowest BCUT2D eigenvalue weighted by Gasteiger charge is -2.06. The Morgan fingerprint density at radius 1 is 1.28 bits per heavy atom. The number of aromatic nitrogens is 1. The molecule has 0 amide bonds. The van der Waals surface area contributed by atoms with Gasteiger partial charge < -0.3 is 19.9 Å². The Labute approximate surface area is 105 Å². The molecule has 1 aromatic carbocycles. The number of hydrogen-bond donors (Lipinski definition) is 3. The summed E-state index contributed by atoms with van der Waals surface area (Å²) in [6, 6.07) is 4.88. The maximum Gasteiger partial charge on any atom is 0.208 e. The summed E-state index contributed by atoms with van der Waals surface area (Å²) in [6.07, 6.45) is 2.53. The number of aromatic hydroxyl groups is 2. The molecule has 0 fully saturated rings. The molecule has 96 valence electrons. The van der Waals surface area contributed by atoms with Gasteiger partial charge in [0.2, 0.25) is 5.89 Å². The SMILES string of the molecule is CCc1cnc(CNCc2cccc(O)c2O)o1. The van der Waals surface area contributed by atoms with Gasteiger partial charge in [-0.3, -0.25) is 0 Å². The van der Waals surface area contributed by atoms with Gasteiger partial charge in [-0.25, -0.2) is 4.98 Å². The highest BCUT2D eigenvalue weighted by Crippen LogP contribution is 2.27. The van der Waals surface area contributed by atoms with Gasteiger partial charge in [0.25, 0.3) is 0 Å². The van der Waals surface area contributed by atoms with Crippen LogP contribution in [-0.2, 0) is 19.5 Å². The minimum atomic E-state index is -0.112. The van der Waals surface area contributed by atoms with Gasteiger partial charge in [0.05, 0.1) is 12.7 Å². The summed E-state index contributed by atoms with van der Waals surface area (Å²) in [5.74, 6) is 1.27. The highest BCUT2D eigenvalue weighted by atomic mass is 16.4. The lowest BCUT2D eigenvalue weighted by Crippen LogP contribution is -2.12. The number of rotatable bonds is 5. The Morgan fingerprint density at radius 2 is 2.11 bits per heavy atom. The molecule has 0 aliphatic rings. The zero-order chi connectivity index (χ0) is 13.0. The number of benzene rings is 1. The van der Waals surface area contributed by atoms with Crippen molar-refractivity contribution in [2.24, 2.45) is 0 Å². The van der Waals surface area contributed by atoms with Gasteiger partial charge in [-0.15, -0.1) is 0 Å². The molecule has 1 heterocycles. The van der Waals surface area contributed by atoms with E-state index in [1.165, 1.54) is 6.07 Å². The van der Waals surface area contributed by atoms with E-state index in [1.54, 1.807) is 18.3 Å². The first-order valence-corrected chi connectivity index (χ1v) is 5.84. The van der Waals surface area contributed by atoms with E-state index >= 15 is 0 Å². The lowest BCUT2D eigenvalue weighted by atomic mass is 10.2. The number of nitrogens with one attached hydrogen (secondary N) is 1. The zero-order valence-corrected chi connectivity index (χ0v) is 10.2. The van der Waals surface area contributed by atoms with Crippen molar-refractivity contribution in [3.05, 3.63) is 41.6 Å². The number of phenolic OH excluding ortho intramolecular Hbond substituents is 2. The number of aryl methyl sites for hydroxylation is 1. The van der Waals surface area contributed by atoms with Crippen molar-refractivity contribution in [2.45, 2.75) is 26.4 Å². The van der Waals surface area contributed by atoms with E-state index in [-0.39, 0.29) is 11.5 Å². The van der Waals surface area contributed by atoms with Crippen molar-refractivity contribution in [1.29, 1.82) is 0 Å². The maximum absolute atomic E-state index is 9.61. The van der Waals surface area contributed by atoms with Gasteiger partial charge in [-0.1, -0.05) is 19.1 Å². The Bertz CT molecular complexity index is 523. The molecule has 0 bridgehead atoms. The van der Waals surface area contributed by atoms with E-state index in [2.05, 4.69) is 10.3 Å². The van der Waals surface area contributed by atoms with Crippen LogP contribution in [0.15, 0.2) is 28.8 Å². The Hall–Kier alpha value is -2.01. The molecule has 3 N–H and O–H groups in total. The lowest BCUT2D eigenvalue weighted by molar-refractivity contribution is 0.395.